The summed E-state index contributed by atoms with van der Waals surface area (Å²) in [4.78, 5) is 0. The van der Waals surface area contributed by atoms with E-state index in [2.05, 4.69) is 84.9 Å². The fourth-order valence-electron chi connectivity index (χ4n) is 2.14. The van der Waals surface area contributed by atoms with Crippen LogP contribution < -0.4 is 0 Å². The molecule has 0 unspecified atom stereocenters. The Balaban J connectivity index is 0.000000333. The molecule has 1 heteroatoms. The van der Waals surface area contributed by atoms with Crippen molar-refractivity contribution in [3.8, 4) is 0 Å². The number of hydrogen-bond donors (Lipinski definition) is 0. The molecule has 0 bridgehead atoms. The Hall–Kier alpha value is -1.63. The van der Waals surface area contributed by atoms with Gasteiger partial charge in [0.1, 0.15) is 0 Å². The second-order valence-corrected chi connectivity index (χ2v) is 4.31. The van der Waals surface area contributed by atoms with Gasteiger partial charge in [-0.3, -0.25) is 0 Å². The van der Waals surface area contributed by atoms with Gasteiger partial charge in [-0.1, -0.05) is 12.1 Å². The van der Waals surface area contributed by atoms with Gasteiger partial charge in [-0.2, -0.15) is 35.0 Å². The van der Waals surface area contributed by atoms with Crippen LogP contribution in [0.1, 0.15) is 2.85 Å². The molecule has 0 fully saturated rings. The zero-order valence-corrected chi connectivity index (χ0v) is 12.1. The molecule has 0 saturated carbocycles. The molecule has 4 aromatic carbocycles. The first-order chi connectivity index (χ1) is 8.93. The van der Waals surface area contributed by atoms with Crippen molar-refractivity contribution in [3.63, 3.8) is 0 Å². The first kappa shape index (κ1) is 13.8. The Kier molecular flexibility index (Phi) is 4.73. The minimum Gasteiger partial charge on any atom is -1.00 e. The number of hydrogen-bond acceptors (Lipinski definition) is 0. The summed E-state index contributed by atoms with van der Waals surface area (Å²) >= 11 is 0. The van der Waals surface area contributed by atoms with Crippen molar-refractivity contribution in [2.75, 3.05) is 0 Å². The van der Waals surface area contributed by atoms with Crippen molar-refractivity contribution in [1.82, 2.24) is 0 Å². The van der Waals surface area contributed by atoms with Crippen molar-refractivity contribution in [1.29, 1.82) is 0 Å². The molecule has 4 aromatic rings. The summed E-state index contributed by atoms with van der Waals surface area (Å²) in [6, 6.07) is 29.3. The average molecular weight is 280 g/mol. The molecule has 0 saturated heterocycles. The van der Waals surface area contributed by atoms with Crippen molar-refractivity contribution in [3.05, 3.63) is 84.9 Å². The van der Waals surface area contributed by atoms with Gasteiger partial charge in [-0.15, -0.1) is 59.3 Å². The normalized spacial score (nSPS) is 9.68. The van der Waals surface area contributed by atoms with E-state index in [-0.39, 0.29) is 24.6 Å². The van der Waals surface area contributed by atoms with Gasteiger partial charge in [-0.05, 0) is 0 Å². The SMILES string of the molecule is [H-].[H-].[Ti+4].c1ccc2[cH-]ccc2c1.c1ccc2[cH-]ccc2c1. The predicted octanol–water partition coefficient (Wildman–Crippen LogP) is 5.34. The van der Waals surface area contributed by atoms with Crippen LogP contribution in [-0.2, 0) is 21.7 Å². The van der Waals surface area contributed by atoms with Crippen LogP contribution in [0.3, 0.4) is 0 Å². The van der Waals surface area contributed by atoms with E-state index in [0.717, 1.165) is 0 Å². The second-order valence-electron chi connectivity index (χ2n) is 4.31. The van der Waals surface area contributed by atoms with Gasteiger partial charge < -0.3 is 2.85 Å². The zero-order chi connectivity index (χ0) is 12.2. The van der Waals surface area contributed by atoms with Crippen molar-refractivity contribution >= 4 is 21.5 Å². The summed E-state index contributed by atoms with van der Waals surface area (Å²) in [5, 5.41) is 5.32. The van der Waals surface area contributed by atoms with Crippen LogP contribution in [0.15, 0.2) is 84.9 Å². The number of benzene rings is 2. The van der Waals surface area contributed by atoms with E-state index in [4.69, 9.17) is 0 Å². The maximum absolute atomic E-state index is 2.12. The molecular formula is C18H16Ti. The third-order valence-corrected chi connectivity index (χ3v) is 3.10. The third-order valence-electron chi connectivity index (χ3n) is 3.10. The fraction of sp³-hybridized carbons (Fsp3) is 0. The van der Waals surface area contributed by atoms with Crippen molar-refractivity contribution in [2.24, 2.45) is 0 Å². The molecular weight excluding hydrogens is 264 g/mol. The summed E-state index contributed by atoms with van der Waals surface area (Å²) in [6.45, 7) is 0. The second kappa shape index (κ2) is 6.51. The first-order valence-electron chi connectivity index (χ1n) is 6.14. The third kappa shape index (κ3) is 3.23. The summed E-state index contributed by atoms with van der Waals surface area (Å²) in [7, 11) is 0. The largest absolute Gasteiger partial charge is 4.00 e. The molecule has 0 aliphatic heterocycles. The van der Waals surface area contributed by atoms with Gasteiger partial charge in [0.15, 0.2) is 0 Å². The minimum absolute atomic E-state index is 0. The van der Waals surface area contributed by atoms with Crippen LogP contribution in [-0.4, -0.2) is 0 Å². The Labute approximate surface area is 131 Å². The minimum atomic E-state index is 0. The van der Waals surface area contributed by atoms with Crippen molar-refractivity contribution < 1.29 is 24.6 Å². The molecule has 0 radical (unpaired) electrons. The van der Waals surface area contributed by atoms with Gasteiger partial charge >= 0.3 is 21.7 Å². The van der Waals surface area contributed by atoms with Gasteiger partial charge in [0.05, 0.1) is 0 Å². The molecule has 0 aromatic heterocycles. The molecule has 19 heavy (non-hydrogen) atoms. The first-order valence-corrected chi connectivity index (χ1v) is 6.14. The molecule has 0 spiro atoms. The molecule has 92 valence electrons. The monoisotopic (exact) mass is 280 g/mol. The molecule has 0 amide bonds. The van der Waals surface area contributed by atoms with Gasteiger partial charge in [-0.25, -0.2) is 0 Å². The van der Waals surface area contributed by atoms with Crippen LogP contribution in [0, 0.1) is 0 Å². The predicted molar refractivity (Wildman–Crippen MR) is 81.3 cm³/mol. The van der Waals surface area contributed by atoms with E-state index in [1.807, 2.05) is 0 Å². The van der Waals surface area contributed by atoms with Gasteiger partial charge in [0.2, 0.25) is 0 Å². The summed E-state index contributed by atoms with van der Waals surface area (Å²) in [6.07, 6.45) is 0. The van der Waals surface area contributed by atoms with Gasteiger partial charge in [0, 0.05) is 0 Å². The zero-order valence-electron chi connectivity index (χ0n) is 12.6. The van der Waals surface area contributed by atoms with E-state index >= 15 is 0 Å². The Morgan fingerprint density at radius 1 is 0.579 bits per heavy atom. The molecule has 4 rings (SSSR count). The smallest absolute Gasteiger partial charge is 1.00 e. The van der Waals surface area contributed by atoms with Gasteiger partial charge in [0.25, 0.3) is 0 Å². The van der Waals surface area contributed by atoms with E-state index in [1.165, 1.54) is 21.5 Å². The Morgan fingerprint density at radius 3 is 1.42 bits per heavy atom. The van der Waals surface area contributed by atoms with E-state index in [9.17, 15) is 0 Å². The molecule has 0 aliphatic carbocycles. The summed E-state index contributed by atoms with van der Waals surface area (Å²) < 4.78 is 0. The maximum Gasteiger partial charge on any atom is 4.00 e. The average Bonchev–Trinajstić information content (AvgIpc) is 3.08. The summed E-state index contributed by atoms with van der Waals surface area (Å²) in [5.41, 5.74) is 0. The summed E-state index contributed by atoms with van der Waals surface area (Å²) in [5.74, 6) is 0. The molecule has 0 aliphatic rings. The number of rotatable bonds is 0. The Morgan fingerprint density at radius 2 is 1.00 bits per heavy atom. The van der Waals surface area contributed by atoms with Crippen LogP contribution in [0.4, 0.5) is 0 Å². The van der Waals surface area contributed by atoms with Crippen LogP contribution >= 0.6 is 0 Å². The standard InChI is InChI=1S/2C9H7.Ti.2H/c2*1-2-5-9-7-3-6-8(9)4-1;;;/h2*1-7H;;;/q2*-1;+4;2*-1. The topological polar surface area (TPSA) is 0 Å². The quantitative estimate of drug-likeness (QED) is 0.301. The fourth-order valence-corrected chi connectivity index (χ4v) is 2.14. The van der Waals surface area contributed by atoms with Crippen LogP contribution in [0.25, 0.3) is 21.5 Å². The molecule has 0 N–H and O–H groups in total. The van der Waals surface area contributed by atoms with E-state index < -0.39 is 0 Å². The molecule has 0 heterocycles. The van der Waals surface area contributed by atoms with E-state index in [1.54, 1.807) is 0 Å². The van der Waals surface area contributed by atoms with E-state index in [0.29, 0.717) is 0 Å². The maximum atomic E-state index is 2.12. The van der Waals surface area contributed by atoms with Crippen LogP contribution in [0.2, 0.25) is 0 Å². The number of fused-ring (bicyclic) bond motifs is 2. The Bertz CT molecular complexity index is 629. The molecule has 0 atom stereocenters. The van der Waals surface area contributed by atoms with Crippen LogP contribution in [0.5, 0.6) is 0 Å². The molecule has 0 nitrogen and oxygen atoms in total. The van der Waals surface area contributed by atoms with Crippen molar-refractivity contribution in [2.45, 2.75) is 0 Å².